The van der Waals surface area contributed by atoms with E-state index in [9.17, 15) is 9.59 Å². The van der Waals surface area contributed by atoms with Gasteiger partial charge < -0.3 is 21.3 Å². The Balaban J connectivity index is 1.09. The van der Waals surface area contributed by atoms with Gasteiger partial charge in [0.05, 0.1) is 17.5 Å². The lowest BCUT2D eigenvalue weighted by molar-refractivity contribution is -0.121. The van der Waals surface area contributed by atoms with E-state index < -0.39 is 0 Å². The number of fused-ring (bicyclic) bond motifs is 2. The summed E-state index contributed by atoms with van der Waals surface area (Å²) in [6.07, 6.45) is 5.00. The molecule has 4 rings (SSSR count). The molecule has 0 aliphatic carbocycles. The van der Waals surface area contributed by atoms with E-state index in [2.05, 4.69) is 31.2 Å². The van der Waals surface area contributed by atoms with E-state index in [-0.39, 0.29) is 24.0 Å². The number of nitrogens with one attached hydrogen (secondary N) is 4. The Morgan fingerprint density at radius 3 is 3.11 bits per heavy atom. The van der Waals surface area contributed by atoms with Gasteiger partial charge in [-0.25, -0.2) is 14.8 Å². The van der Waals surface area contributed by atoms with Crippen LogP contribution in [-0.2, 0) is 4.79 Å². The Labute approximate surface area is 171 Å². The molecule has 3 amide bonds. The van der Waals surface area contributed by atoms with Crippen LogP contribution >= 0.6 is 23.1 Å². The molecule has 4 heterocycles. The normalized spacial score (nSPS) is 23.3. The van der Waals surface area contributed by atoms with E-state index >= 15 is 0 Å². The number of hydrogen-bond donors (Lipinski definition) is 4. The Kier molecular flexibility index (Phi) is 6.16. The lowest BCUT2D eigenvalue weighted by Crippen LogP contribution is -2.36. The molecule has 150 valence electrons. The van der Waals surface area contributed by atoms with Crippen molar-refractivity contribution in [2.24, 2.45) is 0 Å². The number of urea groups is 1. The molecule has 2 aliphatic rings. The molecule has 10 heteroatoms. The Morgan fingerprint density at radius 2 is 2.18 bits per heavy atom. The molecule has 0 aromatic carbocycles. The van der Waals surface area contributed by atoms with E-state index in [4.69, 9.17) is 0 Å². The summed E-state index contributed by atoms with van der Waals surface area (Å²) in [5, 5.41) is 15.6. The average Bonchev–Trinajstić information content (AvgIpc) is 3.39. The van der Waals surface area contributed by atoms with E-state index in [0.717, 1.165) is 41.0 Å². The van der Waals surface area contributed by atoms with Crippen LogP contribution in [0, 0.1) is 0 Å². The molecular formula is C18H24N6O2S2. The molecule has 0 spiro atoms. The quantitative estimate of drug-likeness (QED) is 0.365. The third-order valence-corrected chi connectivity index (χ3v) is 7.41. The van der Waals surface area contributed by atoms with Gasteiger partial charge in [-0.05, 0) is 24.3 Å². The van der Waals surface area contributed by atoms with Crippen LogP contribution in [0.4, 0.5) is 10.6 Å². The van der Waals surface area contributed by atoms with Crippen molar-refractivity contribution in [1.29, 1.82) is 0 Å². The largest absolute Gasteiger partial charge is 0.368 e. The zero-order valence-electron chi connectivity index (χ0n) is 15.4. The monoisotopic (exact) mass is 420 g/mol. The third-order valence-electron chi connectivity index (χ3n) is 5.08. The summed E-state index contributed by atoms with van der Waals surface area (Å²) in [5.74, 6) is 1.87. The summed E-state index contributed by atoms with van der Waals surface area (Å²) in [5.41, 5.74) is 0. The maximum atomic E-state index is 12.0. The maximum absolute atomic E-state index is 12.0. The van der Waals surface area contributed by atoms with Crippen molar-refractivity contribution in [2.45, 2.75) is 43.0 Å². The number of carbonyl (C=O) groups excluding carboxylic acids is 2. The van der Waals surface area contributed by atoms with Gasteiger partial charge in [0.1, 0.15) is 17.0 Å². The number of unbranched alkanes of at least 4 members (excludes halogenated alkanes) is 1. The molecule has 0 radical (unpaired) electrons. The van der Waals surface area contributed by atoms with Gasteiger partial charge in [-0.1, -0.05) is 6.42 Å². The minimum Gasteiger partial charge on any atom is -0.368 e. The summed E-state index contributed by atoms with van der Waals surface area (Å²) >= 11 is 3.50. The number of carbonyl (C=O) groups is 2. The second kappa shape index (κ2) is 8.95. The van der Waals surface area contributed by atoms with Crippen LogP contribution in [0.5, 0.6) is 0 Å². The lowest BCUT2D eigenvalue weighted by atomic mass is 10.0. The molecule has 3 unspecified atom stereocenters. The number of anilines is 1. The van der Waals surface area contributed by atoms with Crippen molar-refractivity contribution >= 4 is 51.1 Å². The van der Waals surface area contributed by atoms with Crippen LogP contribution < -0.4 is 21.3 Å². The summed E-state index contributed by atoms with van der Waals surface area (Å²) < 4.78 is 0. The molecule has 2 aromatic rings. The zero-order valence-corrected chi connectivity index (χ0v) is 17.1. The number of amides is 3. The van der Waals surface area contributed by atoms with Crippen molar-refractivity contribution < 1.29 is 9.59 Å². The van der Waals surface area contributed by atoms with Crippen LogP contribution in [0.2, 0.25) is 0 Å². The Bertz CT molecular complexity index is 844. The molecule has 2 fully saturated rings. The van der Waals surface area contributed by atoms with Gasteiger partial charge >= 0.3 is 6.03 Å². The molecular weight excluding hydrogens is 396 g/mol. The van der Waals surface area contributed by atoms with Gasteiger partial charge in [0.2, 0.25) is 5.91 Å². The highest BCUT2D eigenvalue weighted by atomic mass is 32.2. The van der Waals surface area contributed by atoms with Crippen LogP contribution in [-0.4, -0.2) is 58.1 Å². The molecule has 2 saturated heterocycles. The highest BCUT2D eigenvalue weighted by Gasteiger charge is 2.42. The summed E-state index contributed by atoms with van der Waals surface area (Å²) in [6, 6.07) is 2.46. The van der Waals surface area contributed by atoms with Crippen molar-refractivity contribution in [3.8, 4) is 0 Å². The molecule has 0 bridgehead atoms. The van der Waals surface area contributed by atoms with E-state index in [1.165, 1.54) is 0 Å². The smallest absolute Gasteiger partial charge is 0.315 e. The molecule has 2 aromatic heterocycles. The zero-order chi connectivity index (χ0) is 19.3. The fraction of sp³-hybridized carbons (Fsp3) is 0.556. The summed E-state index contributed by atoms with van der Waals surface area (Å²) in [6.45, 7) is 1.19. The summed E-state index contributed by atoms with van der Waals surface area (Å²) in [4.78, 5) is 32.8. The minimum atomic E-state index is -0.0463. The Hall–Kier alpha value is -2.07. The minimum absolute atomic E-state index is 0.0463. The van der Waals surface area contributed by atoms with Gasteiger partial charge in [-0.2, -0.15) is 11.8 Å². The lowest BCUT2D eigenvalue weighted by Gasteiger charge is -2.16. The average molecular weight is 421 g/mol. The third kappa shape index (κ3) is 4.49. The highest BCUT2D eigenvalue weighted by Crippen LogP contribution is 2.33. The number of thiophene rings is 1. The van der Waals surface area contributed by atoms with Crippen LogP contribution in [0.15, 0.2) is 17.8 Å². The SMILES string of the molecule is O=C(CCCCC1SCC2NC(=O)NC21)NCCNc1ncnc2sccc12. The predicted octanol–water partition coefficient (Wildman–Crippen LogP) is 1.95. The first-order valence-electron chi connectivity index (χ1n) is 9.58. The highest BCUT2D eigenvalue weighted by molar-refractivity contribution is 8.00. The van der Waals surface area contributed by atoms with Crippen molar-refractivity contribution in [1.82, 2.24) is 25.9 Å². The van der Waals surface area contributed by atoms with Crippen LogP contribution in [0.1, 0.15) is 25.7 Å². The second-order valence-corrected chi connectivity index (χ2v) is 9.17. The van der Waals surface area contributed by atoms with Gasteiger partial charge in [-0.3, -0.25) is 4.79 Å². The number of nitrogens with zero attached hydrogens (tertiary/aromatic N) is 2. The topological polar surface area (TPSA) is 108 Å². The van der Waals surface area contributed by atoms with Gasteiger partial charge in [0.15, 0.2) is 0 Å². The Morgan fingerprint density at radius 1 is 1.25 bits per heavy atom. The van der Waals surface area contributed by atoms with E-state index in [1.807, 2.05) is 23.2 Å². The molecule has 2 aliphatic heterocycles. The van der Waals surface area contributed by atoms with E-state index in [0.29, 0.717) is 24.8 Å². The number of aromatic nitrogens is 2. The molecule has 28 heavy (non-hydrogen) atoms. The fourth-order valence-corrected chi connectivity index (χ4v) is 5.95. The van der Waals surface area contributed by atoms with Gasteiger partial charge in [0.25, 0.3) is 0 Å². The molecule has 3 atom stereocenters. The van der Waals surface area contributed by atoms with E-state index in [1.54, 1.807) is 17.7 Å². The van der Waals surface area contributed by atoms with Crippen molar-refractivity contribution in [3.63, 3.8) is 0 Å². The molecule has 4 N–H and O–H groups in total. The number of thioether (sulfide) groups is 1. The van der Waals surface area contributed by atoms with Gasteiger partial charge in [-0.15, -0.1) is 11.3 Å². The first-order chi connectivity index (χ1) is 13.7. The number of rotatable bonds is 9. The standard InChI is InChI=1S/C18H24N6O2S2/c25-14(4-2-1-3-13-15-12(9-28-13)23-18(26)24-15)19-6-7-20-16-11-5-8-27-17(11)22-10-21-16/h5,8,10,12-13,15H,1-4,6-7,9H2,(H,19,25)(H,20,21,22)(H2,23,24,26). The first-order valence-corrected chi connectivity index (χ1v) is 11.5. The summed E-state index contributed by atoms with van der Waals surface area (Å²) in [7, 11) is 0. The van der Waals surface area contributed by atoms with Crippen LogP contribution in [0.25, 0.3) is 10.2 Å². The number of hydrogen-bond acceptors (Lipinski definition) is 7. The molecule has 8 nitrogen and oxygen atoms in total. The first kappa shape index (κ1) is 19.3. The van der Waals surface area contributed by atoms with Gasteiger partial charge in [0, 0.05) is 30.5 Å². The van der Waals surface area contributed by atoms with Crippen LogP contribution in [0.3, 0.4) is 0 Å². The maximum Gasteiger partial charge on any atom is 0.315 e. The van der Waals surface area contributed by atoms with Crippen molar-refractivity contribution in [2.75, 3.05) is 24.2 Å². The van der Waals surface area contributed by atoms with Crippen molar-refractivity contribution in [3.05, 3.63) is 17.8 Å². The molecule has 0 saturated carbocycles. The second-order valence-electron chi connectivity index (χ2n) is 7.01. The predicted molar refractivity (Wildman–Crippen MR) is 113 cm³/mol. The fourth-order valence-electron chi connectivity index (χ4n) is 3.68.